The van der Waals surface area contributed by atoms with Crippen LogP contribution in [0.15, 0.2) is 42.5 Å². The number of hydrogen-bond donors (Lipinski definition) is 3. The molecule has 1 heterocycles. The summed E-state index contributed by atoms with van der Waals surface area (Å²) in [6.45, 7) is -0.433. The molecule has 150 valence electrons. The van der Waals surface area contributed by atoms with Crippen LogP contribution in [0.5, 0.6) is 0 Å². The van der Waals surface area contributed by atoms with Gasteiger partial charge in [-0.15, -0.1) is 0 Å². The second kappa shape index (κ2) is 6.81. The van der Waals surface area contributed by atoms with Crippen molar-refractivity contribution >= 4 is 29.4 Å². The van der Waals surface area contributed by atoms with E-state index in [9.17, 15) is 23.2 Å². The Morgan fingerprint density at radius 3 is 2.41 bits per heavy atom. The van der Waals surface area contributed by atoms with Crippen molar-refractivity contribution in [2.75, 3.05) is 6.54 Å². The number of rotatable bonds is 5. The molecule has 2 aromatic carbocycles. The molecule has 4 amide bonds. The summed E-state index contributed by atoms with van der Waals surface area (Å²) in [6.07, 6.45) is 0.201. The molecule has 0 spiro atoms. The number of urea groups is 1. The minimum atomic E-state index is -1.92. The van der Waals surface area contributed by atoms with Crippen molar-refractivity contribution in [3.63, 3.8) is 0 Å². The molecule has 0 aromatic heterocycles. The molecule has 2 fully saturated rings. The van der Waals surface area contributed by atoms with E-state index in [1.807, 2.05) is 5.32 Å². The van der Waals surface area contributed by atoms with Crippen LogP contribution in [-0.4, -0.2) is 35.6 Å². The molecule has 1 saturated carbocycles. The summed E-state index contributed by atoms with van der Waals surface area (Å²) in [5.41, 5.74) is -2.77. The van der Waals surface area contributed by atoms with Crippen LogP contribution in [0.3, 0.4) is 0 Å². The molecule has 1 aliphatic carbocycles. The van der Waals surface area contributed by atoms with Crippen molar-refractivity contribution in [1.82, 2.24) is 16.0 Å². The number of nitrogens with one attached hydrogen (secondary N) is 3. The lowest BCUT2D eigenvalue weighted by Crippen LogP contribution is -2.62. The normalized spacial score (nSPS) is 22.0. The summed E-state index contributed by atoms with van der Waals surface area (Å²) >= 11 is 5.88. The maximum absolute atomic E-state index is 14.9. The zero-order valence-electron chi connectivity index (χ0n) is 15.0. The average molecular weight is 420 g/mol. The highest BCUT2D eigenvalue weighted by Crippen LogP contribution is 2.49. The number of carbonyl (C=O) groups excluding carboxylic acids is 3. The minimum absolute atomic E-state index is 0.100. The van der Waals surface area contributed by atoms with Gasteiger partial charge in [0.15, 0.2) is 5.54 Å². The largest absolute Gasteiger partial charge is 0.349 e. The van der Waals surface area contributed by atoms with E-state index in [0.717, 1.165) is 6.07 Å². The first-order valence-corrected chi connectivity index (χ1v) is 9.28. The van der Waals surface area contributed by atoms with Crippen molar-refractivity contribution in [2.45, 2.75) is 24.0 Å². The van der Waals surface area contributed by atoms with E-state index in [4.69, 9.17) is 11.6 Å². The number of benzene rings is 2. The van der Waals surface area contributed by atoms with E-state index in [1.165, 1.54) is 12.1 Å². The highest BCUT2D eigenvalue weighted by molar-refractivity contribution is 6.30. The van der Waals surface area contributed by atoms with Crippen LogP contribution in [0.2, 0.25) is 5.02 Å². The first-order chi connectivity index (χ1) is 13.7. The second-order valence-corrected chi connectivity index (χ2v) is 7.59. The molecule has 1 atom stereocenters. The molecule has 4 rings (SSSR count). The standard InChI is InChI=1S/C20H16ClF2N3O3/c21-12-3-1-11(2-4-12)15-9-13(22)5-6-14(15)16(27)24-10-20(19(23)7-8-19)17(28)25-18(29)26-20/h1-6,9H,7-8,10H2,(H,24,27)(H2,25,26,28,29)/t20-/m1/s1. The van der Waals surface area contributed by atoms with Gasteiger partial charge in [-0.2, -0.15) is 0 Å². The van der Waals surface area contributed by atoms with Crippen LogP contribution in [0.25, 0.3) is 11.1 Å². The SMILES string of the molecule is O=C1NC(=O)[C@](CNC(=O)c2ccc(F)cc2-c2ccc(Cl)cc2)(C2(F)CC2)N1. The molecule has 0 bridgehead atoms. The fraction of sp³-hybridized carbons (Fsp3) is 0.250. The summed E-state index contributed by atoms with van der Waals surface area (Å²) < 4.78 is 28.7. The Labute approximate surface area is 169 Å². The number of carbonyl (C=O) groups is 3. The fourth-order valence-electron chi connectivity index (χ4n) is 3.52. The van der Waals surface area contributed by atoms with Crippen LogP contribution >= 0.6 is 11.6 Å². The minimum Gasteiger partial charge on any atom is -0.349 e. The van der Waals surface area contributed by atoms with E-state index in [0.29, 0.717) is 16.1 Å². The quantitative estimate of drug-likeness (QED) is 0.651. The number of amides is 4. The van der Waals surface area contributed by atoms with E-state index in [1.54, 1.807) is 24.3 Å². The molecule has 0 radical (unpaired) electrons. The lowest BCUT2D eigenvalue weighted by molar-refractivity contribution is -0.126. The van der Waals surface area contributed by atoms with E-state index in [-0.39, 0.29) is 18.4 Å². The van der Waals surface area contributed by atoms with Crippen LogP contribution in [0.1, 0.15) is 23.2 Å². The monoisotopic (exact) mass is 419 g/mol. The number of hydrogen-bond acceptors (Lipinski definition) is 3. The molecule has 2 aliphatic rings. The molecule has 2 aromatic rings. The van der Waals surface area contributed by atoms with E-state index in [2.05, 4.69) is 10.6 Å². The van der Waals surface area contributed by atoms with Gasteiger partial charge >= 0.3 is 6.03 Å². The van der Waals surface area contributed by atoms with Gasteiger partial charge < -0.3 is 10.6 Å². The summed E-state index contributed by atoms with van der Waals surface area (Å²) in [7, 11) is 0. The van der Waals surface area contributed by atoms with E-state index < -0.39 is 41.4 Å². The van der Waals surface area contributed by atoms with Crippen LogP contribution < -0.4 is 16.0 Å². The maximum Gasteiger partial charge on any atom is 0.322 e. The third kappa shape index (κ3) is 3.33. The van der Waals surface area contributed by atoms with E-state index >= 15 is 0 Å². The fourth-order valence-corrected chi connectivity index (χ4v) is 3.64. The van der Waals surface area contributed by atoms with Gasteiger partial charge in [0.2, 0.25) is 0 Å². The van der Waals surface area contributed by atoms with Gasteiger partial charge in [-0.1, -0.05) is 23.7 Å². The lowest BCUT2D eigenvalue weighted by atomic mass is 9.90. The molecule has 1 saturated heterocycles. The second-order valence-electron chi connectivity index (χ2n) is 7.16. The van der Waals surface area contributed by atoms with Gasteiger partial charge in [0.1, 0.15) is 11.5 Å². The Morgan fingerprint density at radius 2 is 1.83 bits per heavy atom. The van der Waals surface area contributed by atoms with Crippen LogP contribution in [-0.2, 0) is 4.79 Å². The van der Waals surface area contributed by atoms with Gasteiger partial charge in [0.25, 0.3) is 11.8 Å². The number of alkyl halides is 1. The first-order valence-electron chi connectivity index (χ1n) is 8.90. The summed E-state index contributed by atoms with van der Waals surface area (Å²) in [4.78, 5) is 36.7. The van der Waals surface area contributed by atoms with Gasteiger partial charge in [-0.05, 0) is 54.3 Å². The number of halogens is 3. The molecule has 0 unspecified atom stereocenters. The van der Waals surface area contributed by atoms with Gasteiger partial charge in [0.05, 0.1) is 6.54 Å². The topological polar surface area (TPSA) is 87.3 Å². The molecule has 29 heavy (non-hydrogen) atoms. The van der Waals surface area contributed by atoms with Crippen LogP contribution in [0.4, 0.5) is 13.6 Å². The molecule has 6 nitrogen and oxygen atoms in total. The van der Waals surface area contributed by atoms with Crippen molar-refractivity contribution < 1.29 is 23.2 Å². The lowest BCUT2D eigenvalue weighted by Gasteiger charge is -2.30. The Balaban J connectivity index is 1.61. The molecule has 1 aliphatic heterocycles. The summed E-state index contributed by atoms with van der Waals surface area (Å²) in [6, 6.07) is 9.32. The van der Waals surface area contributed by atoms with Gasteiger partial charge in [0, 0.05) is 10.6 Å². The molecule has 3 N–H and O–H groups in total. The Bertz CT molecular complexity index is 1020. The highest BCUT2D eigenvalue weighted by atomic mass is 35.5. The summed E-state index contributed by atoms with van der Waals surface area (Å²) in [5, 5.41) is 7.35. The average Bonchev–Trinajstić information content (AvgIpc) is 3.36. The van der Waals surface area contributed by atoms with Gasteiger partial charge in [-0.3, -0.25) is 14.9 Å². The predicted octanol–water partition coefficient (Wildman–Crippen LogP) is 2.96. The van der Waals surface area contributed by atoms with Crippen molar-refractivity contribution in [3.05, 3.63) is 58.9 Å². The Morgan fingerprint density at radius 1 is 1.14 bits per heavy atom. The number of imide groups is 1. The van der Waals surface area contributed by atoms with Crippen molar-refractivity contribution in [1.29, 1.82) is 0 Å². The zero-order valence-corrected chi connectivity index (χ0v) is 15.8. The smallest absolute Gasteiger partial charge is 0.322 e. The van der Waals surface area contributed by atoms with Crippen molar-refractivity contribution in [3.8, 4) is 11.1 Å². The van der Waals surface area contributed by atoms with Crippen molar-refractivity contribution in [2.24, 2.45) is 0 Å². The first kappa shape index (κ1) is 19.3. The third-order valence-electron chi connectivity index (χ3n) is 5.29. The highest BCUT2D eigenvalue weighted by Gasteiger charge is 2.68. The molecular weight excluding hydrogens is 404 g/mol. The summed E-state index contributed by atoms with van der Waals surface area (Å²) in [5.74, 6) is -1.99. The zero-order chi connectivity index (χ0) is 20.8. The molecule has 9 heteroatoms. The third-order valence-corrected chi connectivity index (χ3v) is 5.54. The Kier molecular flexibility index (Phi) is 4.53. The van der Waals surface area contributed by atoms with Crippen LogP contribution in [0, 0.1) is 5.82 Å². The maximum atomic E-state index is 14.9. The predicted molar refractivity (Wildman–Crippen MR) is 102 cm³/mol. The molecular formula is C20H16ClF2N3O3. The van der Waals surface area contributed by atoms with Gasteiger partial charge in [-0.25, -0.2) is 13.6 Å². The Hall–Kier alpha value is -3.00.